The molecule has 22 heavy (non-hydrogen) atoms. The summed E-state index contributed by atoms with van der Waals surface area (Å²) in [6.45, 7) is 1.72. The summed E-state index contributed by atoms with van der Waals surface area (Å²) in [4.78, 5) is 3.93. The molecule has 0 bridgehead atoms. The van der Waals surface area contributed by atoms with Crippen molar-refractivity contribution in [3.05, 3.63) is 39.6 Å². The van der Waals surface area contributed by atoms with Gasteiger partial charge in [-0.15, -0.1) is 13.2 Å². The van der Waals surface area contributed by atoms with E-state index in [1.807, 2.05) is 0 Å². The number of hydrogen-bond acceptors (Lipinski definition) is 4. The lowest BCUT2D eigenvalue weighted by atomic mass is 10.2. The van der Waals surface area contributed by atoms with E-state index in [-0.39, 0.29) is 21.6 Å². The van der Waals surface area contributed by atoms with Gasteiger partial charge >= 0.3 is 6.36 Å². The summed E-state index contributed by atoms with van der Waals surface area (Å²) in [7, 11) is 0. The van der Waals surface area contributed by atoms with Crippen LogP contribution in [0.3, 0.4) is 0 Å². The maximum Gasteiger partial charge on any atom is 0.573 e. The first kappa shape index (κ1) is 16.4. The van der Waals surface area contributed by atoms with Crippen molar-refractivity contribution < 1.29 is 17.9 Å². The maximum absolute atomic E-state index is 12.3. The first-order valence-corrected chi connectivity index (χ1v) is 6.52. The quantitative estimate of drug-likeness (QED) is 0.853. The zero-order valence-electron chi connectivity index (χ0n) is 11.0. The molecule has 0 saturated carbocycles. The number of anilines is 1. The number of aryl methyl sites for hydroxylation is 1. The summed E-state index contributed by atoms with van der Waals surface area (Å²) in [6, 6.07) is 2.40. The van der Waals surface area contributed by atoms with Gasteiger partial charge in [0.2, 0.25) is 5.95 Å². The minimum atomic E-state index is -4.88. The molecule has 1 aromatic heterocycles. The highest BCUT2D eigenvalue weighted by atomic mass is 35.5. The number of halogens is 5. The first-order valence-electron chi connectivity index (χ1n) is 5.76. The largest absolute Gasteiger partial charge is 0.573 e. The molecule has 2 rings (SSSR count). The molecule has 0 saturated heterocycles. The summed E-state index contributed by atoms with van der Waals surface area (Å²) in [5.74, 6) is -0.474. The van der Waals surface area contributed by atoms with Crippen molar-refractivity contribution in [2.75, 3.05) is 5.73 Å². The number of imidazole rings is 1. The molecule has 0 amide bonds. The third-order valence-corrected chi connectivity index (χ3v) is 3.19. The van der Waals surface area contributed by atoms with Crippen molar-refractivity contribution in [1.82, 2.24) is 9.66 Å². The molecule has 0 unspecified atom stereocenters. The smallest absolute Gasteiger partial charge is 0.404 e. The van der Waals surface area contributed by atoms with E-state index < -0.39 is 12.1 Å². The van der Waals surface area contributed by atoms with E-state index in [9.17, 15) is 13.2 Å². The van der Waals surface area contributed by atoms with Gasteiger partial charge < -0.3 is 10.5 Å². The third-order valence-electron chi connectivity index (χ3n) is 2.41. The average molecular weight is 353 g/mol. The number of benzene rings is 1. The molecule has 0 radical (unpaired) electrons. The Kier molecular flexibility index (Phi) is 4.52. The van der Waals surface area contributed by atoms with Gasteiger partial charge in [-0.1, -0.05) is 23.2 Å². The van der Waals surface area contributed by atoms with Gasteiger partial charge in [0.1, 0.15) is 10.8 Å². The van der Waals surface area contributed by atoms with Gasteiger partial charge in [-0.25, -0.2) is 9.66 Å². The zero-order valence-corrected chi connectivity index (χ0v) is 12.5. The van der Waals surface area contributed by atoms with E-state index in [1.54, 1.807) is 13.1 Å². The van der Waals surface area contributed by atoms with Crippen LogP contribution in [0.4, 0.5) is 19.1 Å². The normalized spacial score (nSPS) is 12.1. The maximum atomic E-state index is 12.3. The molecule has 1 aromatic carbocycles. The molecular formula is C12H9Cl2F3N4O. The van der Waals surface area contributed by atoms with Gasteiger partial charge in [0.25, 0.3) is 0 Å². The van der Waals surface area contributed by atoms with Crippen LogP contribution >= 0.6 is 23.2 Å². The van der Waals surface area contributed by atoms with Crippen LogP contribution in [0, 0.1) is 6.92 Å². The van der Waals surface area contributed by atoms with E-state index in [4.69, 9.17) is 28.9 Å². The number of hydrogen-bond donors (Lipinski definition) is 1. The Bertz CT molecular complexity index is 728. The van der Waals surface area contributed by atoms with E-state index in [0.717, 1.165) is 6.07 Å². The van der Waals surface area contributed by atoms with Crippen LogP contribution in [0.5, 0.6) is 5.75 Å². The Morgan fingerprint density at radius 1 is 1.36 bits per heavy atom. The first-order chi connectivity index (χ1) is 10.2. The lowest BCUT2D eigenvalue weighted by molar-refractivity contribution is -0.274. The van der Waals surface area contributed by atoms with Gasteiger partial charge in [0.15, 0.2) is 0 Å². The minimum absolute atomic E-state index is 0.0975. The molecule has 1 heterocycles. The molecule has 2 aromatic rings. The second-order valence-corrected chi connectivity index (χ2v) is 4.98. The summed E-state index contributed by atoms with van der Waals surface area (Å²) in [5, 5.41) is 3.53. The molecule has 0 aliphatic heterocycles. The van der Waals surface area contributed by atoms with Crippen molar-refractivity contribution in [3.8, 4) is 5.75 Å². The fourth-order valence-electron chi connectivity index (χ4n) is 1.58. The summed E-state index contributed by atoms with van der Waals surface area (Å²) >= 11 is 11.5. The third kappa shape index (κ3) is 4.05. The van der Waals surface area contributed by atoms with Gasteiger partial charge in [0, 0.05) is 0 Å². The zero-order chi connectivity index (χ0) is 16.5. The number of nitrogens with zero attached hydrogens (tertiary/aromatic N) is 3. The van der Waals surface area contributed by atoms with E-state index in [2.05, 4.69) is 14.8 Å². The highest BCUT2D eigenvalue weighted by molar-refractivity contribution is 6.43. The number of nitrogens with two attached hydrogens (primary N) is 1. The van der Waals surface area contributed by atoms with E-state index in [1.165, 1.54) is 17.0 Å². The molecule has 2 N–H and O–H groups in total. The van der Waals surface area contributed by atoms with Crippen molar-refractivity contribution in [2.24, 2.45) is 5.10 Å². The second-order valence-electron chi connectivity index (χ2n) is 4.19. The predicted molar refractivity (Wildman–Crippen MR) is 77.5 cm³/mol. The Morgan fingerprint density at radius 3 is 2.59 bits per heavy atom. The lowest BCUT2D eigenvalue weighted by Gasteiger charge is -2.11. The minimum Gasteiger partial charge on any atom is -0.404 e. The van der Waals surface area contributed by atoms with Gasteiger partial charge in [-0.05, 0) is 24.6 Å². The Balaban J connectivity index is 2.34. The van der Waals surface area contributed by atoms with Crippen LogP contribution in [0.2, 0.25) is 10.0 Å². The van der Waals surface area contributed by atoms with Crippen molar-refractivity contribution in [3.63, 3.8) is 0 Å². The van der Waals surface area contributed by atoms with Gasteiger partial charge in [-0.2, -0.15) is 5.10 Å². The standard InChI is InChI=1S/C12H9Cl2F3N4O/c1-6-5-21(11(18)20-6)19-4-7-2-8(13)10(14)9(3-7)22-12(15,16)17/h2-5H,1H3,(H2,18,20). The van der Waals surface area contributed by atoms with Crippen molar-refractivity contribution >= 4 is 35.4 Å². The number of ether oxygens (including phenoxy) is 1. The highest BCUT2D eigenvalue weighted by Crippen LogP contribution is 2.36. The Labute approximate surface area is 133 Å². The molecule has 10 heteroatoms. The summed E-state index contributed by atoms with van der Waals surface area (Å²) in [5.41, 5.74) is 6.48. The SMILES string of the molecule is Cc1cn(N=Cc2cc(Cl)c(Cl)c(OC(F)(F)F)c2)c(N)n1. The van der Waals surface area contributed by atoms with Crippen LogP contribution in [-0.2, 0) is 0 Å². The molecule has 5 nitrogen and oxygen atoms in total. The van der Waals surface area contributed by atoms with E-state index in [0.29, 0.717) is 5.69 Å². The Hall–Kier alpha value is -1.93. The van der Waals surface area contributed by atoms with Crippen molar-refractivity contribution in [2.45, 2.75) is 13.3 Å². The van der Waals surface area contributed by atoms with Crippen LogP contribution in [0.25, 0.3) is 0 Å². The van der Waals surface area contributed by atoms with Crippen LogP contribution in [0.15, 0.2) is 23.4 Å². The number of nitrogen functional groups attached to an aromatic ring is 1. The highest BCUT2D eigenvalue weighted by Gasteiger charge is 2.32. The van der Waals surface area contributed by atoms with Gasteiger partial charge in [0.05, 0.1) is 23.1 Å². The fraction of sp³-hybridized carbons (Fsp3) is 0.167. The topological polar surface area (TPSA) is 65.4 Å². The monoisotopic (exact) mass is 352 g/mol. The summed E-state index contributed by atoms with van der Waals surface area (Å²) < 4.78 is 42.0. The second kappa shape index (κ2) is 6.05. The lowest BCUT2D eigenvalue weighted by Crippen LogP contribution is -2.17. The van der Waals surface area contributed by atoms with Gasteiger partial charge in [-0.3, -0.25) is 0 Å². The molecule has 0 spiro atoms. The molecule has 0 fully saturated rings. The molecule has 0 aliphatic carbocycles. The van der Waals surface area contributed by atoms with Crippen LogP contribution < -0.4 is 10.5 Å². The number of alkyl halides is 3. The molecular weight excluding hydrogens is 344 g/mol. The Morgan fingerprint density at radius 2 is 2.05 bits per heavy atom. The average Bonchev–Trinajstić information content (AvgIpc) is 2.69. The fourth-order valence-corrected chi connectivity index (χ4v) is 1.95. The molecule has 0 aliphatic rings. The molecule has 118 valence electrons. The van der Waals surface area contributed by atoms with E-state index >= 15 is 0 Å². The number of aromatic nitrogens is 2. The van der Waals surface area contributed by atoms with Crippen molar-refractivity contribution in [1.29, 1.82) is 0 Å². The van der Waals surface area contributed by atoms with Crippen LogP contribution in [0.1, 0.15) is 11.3 Å². The van der Waals surface area contributed by atoms with Crippen LogP contribution in [-0.4, -0.2) is 22.2 Å². The molecule has 0 atom stereocenters. The predicted octanol–water partition coefficient (Wildman–Crippen LogP) is 3.86. The summed E-state index contributed by atoms with van der Waals surface area (Å²) in [6.07, 6.45) is -2.08. The number of rotatable bonds is 3.